The molecule has 3 rings (SSSR count). The highest BCUT2D eigenvalue weighted by atomic mass is 35.5. The van der Waals surface area contributed by atoms with Gasteiger partial charge in [-0.2, -0.15) is 13.2 Å². The van der Waals surface area contributed by atoms with Crippen LogP contribution in [0.25, 0.3) is 0 Å². The van der Waals surface area contributed by atoms with Crippen molar-refractivity contribution in [1.82, 2.24) is 4.90 Å². The van der Waals surface area contributed by atoms with E-state index in [1.807, 2.05) is 11.8 Å². The van der Waals surface area contributed by atoms with Gasteiger partial charge in [0.2, 0.25) is 0 Å². The quantitative estimate of drug-likeness (QED) is 0.605. The number of piperazine rings is 1. The largest absolute Gasteiger partial charge is 0.493 e. The minimum atomic E-state index is -4.39. The zero-order valence-electron chi connectivity index (χ0n) is 17.3. The van der Waals surface area contributed by atoms with Crippen molar-refractivity contribution >= 4 is 23.2 Å². The lowest BCUT2D eigenvalue weighted by atomic mass is 10.1. The van der Waals surface area contributed by atoms with Crippen molar-refractivity contribution in [3.63, 3.8) is 0 Å². The van der Waals surface area contributed by atoms with Crippen molar-refractivity contribution < 1.29 is 27.4 Å². The number of benzene rings is 2. The van der Waals surface area contributed by atoms with Crippen LogP contribution in [0.3, 0.4) is 0 Å². The van der Waals surface area contributed by atoms with E-state index < -0.39 is 11.7 Å². The van der Waals surface area contributed by atoms with Gasteiger partial charge in [-0.05, 0) is 36.8 Å². The molecule has 0 atom stereocenters. The molecule has 0 unspecified atom stereocenters. The Bertz CT molecular complexity index is 929. The first kappa shape index (κ1) is 23.1. The lowest BCUT2D eigenvalue weighted by molar-refractivity contribution is -0.137. The molecule has 31 heavy (non-hydrogen) atoms. The third-order valence-corrected chi connectivity index (χ3v) is 5.31. The summed E-state index contributed by atoms with van der Waals surface area (Å²) < 4.78 is 49.9. The molecule has 0 bridgehead atoms. The Morgan fingerprint density at radius 3 is 2.45 bits per heavy atom. The van der Waals surface area contributed by atoms with E-state index in [9.17, 15) is 18.0 Å². The average molecular weight is 457 g/mol. The normalized spacial score (nSPS) is 14.5. The van der Waals surface area contributed by atoms with Crippen LogP contribution in [0.1, 0.15) is 29.3 Å². The number of anilines is 1. The number of ether oxygens (including phenoxy) is 2. The van der Waals surface area contributed by atoms with Gasteiger partial charge in [0.25, 0.3) is 5.91 Å². The average Bonchev–Trinajstić information content (AvgIpc) is 2.77. The van der Waals surface area contributed by atoms with Crippen LogP contribution >= 0.6 is 11.6 Å². The van der Waals surface area contributed by atoms with Crippen molar-refractivity contribution in [3.8, 4) is 11.5 Å². The maximum absolute atomic E-state index is 13.0. The highest BCUT2D eigenvalue weighted by Gasteiger charge is 2.31. The van der Waals surface area contributed by atoms with Gasteiger partial charge in [0.1, 0.15) is 0 Å². The molecule has 1 saturated heterocycles. The van der Waals surface area contributed by atoms with Crippen LogP contribution in [0.2, 0.25) is 5.02 Å². The van der Waals surface area contributed by atoms with Gasteiger partial charge in [0, 0.05) is 37.4 Å². The Hall–Kier alpha value is -2.61. The molecule has 1 aliphatic rings. The second kappa shape index (κ2) is 9.68. The van der Waals surface area contributed by atoms with Crippen LogP contribution in [-0.2, 0) is 6.18 Å². The molecule has 1 fully saturated rings. The Morgan fingerprint density at radius 1 is 1.13 bits per heavy atom. The minimum Gasteiger partial charge on any atom is -0.493 e. The Morgan fingerprint density at radius 2 is 1.84 bits per heavy atom. The van der Waals surface area contributed by atoms with Crippen molar-refractivity contribution in [1.29, 1.82) is 0 Å². The number of carbonyl (C=O) groups is 1. The first-order valence-corrected chi connectivity index (χ1v) is 10.3. The third-order valence-electron chi connectivity index (χ3n) is 5.03. The summed E-state index contributed by atoms with van der Waals surface area (Å²) in [6, 6.07) is 8.37. The first-order chi connectivity index (χ1) is 14.7. The van der Waals surface area contributed by atoms with Gasteiger partial charge in [-0.1, -0.05) is 24.6 Å². The minimum absolute atomic E-state index is 0.217. The molecule has 0 N–H and O–H groups in total. The molecular formula is C22H24ClF3N2O3. The van der Waals surface area contributed by atoms with Gasteiger partial charge in [-0.15, -0.1) is 0 Å². The molecule has 9 heteroatoms. The van der Waals surface area contributed by atoms with E-state index in [1.54, 1.807) is 23.1 Å². The summed E-state index contributed by atoms with van der Waals surface area (Å²) in [5, 5.41) is 0.291. The number of nitrogens with zero attached hydrogens (tertiary/aromatic N) is 2. The topological polar surface area (TPSA) is 42.0 Å². The van der Waals surface area contributed by atoms with E-state index in [-0.39, 0.29) is 5.91 Å². The SMILES string of the molecule is CCCOc1c(Cl)cc(C(=O)N2CCN(c3cccc(C(F)(F)F)c3)CC2)cc1OC. The van der Waals surface area contributed by atoms with E-state index in [0.29, 0.717) is 60.6 Å². The number of rotatable bonds is 6. The van der Waals surface area contributed by atoms with Crippen molar-refractivity contribution in [2.75, 3.05) is 44.8 Å². The maximum Gasteiger partial charge on any atom is 0.416 e. The van der Waals surface area contributed by atoms with Crippen LogP contribution in [0.4, 0.5) is 18.9 Å². The Balaban J connectivity index is 1.70. The molecule has 1 aliphatic heterocycles. The number of carbonyl (C=O) groups excluding carboxylic acids is 1. The molecule has 2 aromatic carbocycles. The molecule has 1 amide bonds. The Labute approximate surface area is 184 Å². The number of methoxy groups -OCH3 is 1. The fourth-order valence-electron chi connectivity index (χ4n) is 3.42. The molecule has 0 aromatic heterocycles. The summed E-state index contributed by atoms with van der Waals surface area (Å²) in [6.45, 7) is 4.05. The summed E-state index contributed by atoms with van der Waals surface area (Å²) >= 11 is 6.31. The summed E-state index contributed by atoms with van der Waals surface area (Å²) in [4.78, 5) is 16.5. The summed E-state index contributed by atoms with van der Waals surface area (Å²) in [7, 11) is 1.48. The number of alkyl halides is 3. The van der Waals surface area contributed by atoms with Gasteiger partial charge in [0.15, 0.2) is 11.5 Å². The molecule has 168 valence electrons. The summed E-state index contributed by atoms with van der Waals surface area (Å²) in [5.41, 5.74) is 0.179. The molecule has 2 aromatic rings. The van der Waals surface area contributed by atoms with Crippen molar-refractivity contribution in [2.24, 2.45) is 0 Å². The van der Waals surface area contributed by atoms with Crippen molar-refractivity contribution in [3.05, 3.63) is 52.5 Å². The van der Waals surface area contributed by atoms with Crippen LogP contribution in [0.15, 0.2) is 36.4 Å². The monoisotopic (exact) mass is 456 g/mol. The number of amides is 1. The molecule has 1 heterocycles. The molecule has 0 saturated carbocycles. The molecule has 0 aliphatic carbocycles. The van der Waals surface area contributed by atoms with E-state index >= 15 is 0 Å². The van der Waals surface area contributed by atoms with E-state index in [4.69, 9.17) is 21.1 Å². The van der Waals surface area contributed by atoms with Crippen LogP contribution in [-0.4, -0.2) is 50.7 Å². The third kappa shape index (κ3) is 5.36. The summed E-state index contributed by atoms with van der Waals surface area (Å²) in [6.07, 6.45) is -3.59. The number of hydrogen-bond acceptors (Lipinski definition) is 4. The predicted molar refractivity (Wildman–Crippen MR) is 113 cm³/mol. The number of halogens is 4. The highest BCUT2D eigenvalue weighted by Crippen LogP contribution is 2.37. The molecule has 0 spiro atoms. The van der Waals surface area contributed by atoms with Crippen LogP contribution in [0, 0.1) is 0 Å². The lowest BCUT2D eigenvalue weighted by Gasteiger charge is -2.36. The van der Waals surface area contributed by atoms with E-state index in [2.05, 4.69) is 0 Å². The highest BCUT2D eigenvalue weighted by molar-refractivity contribution is 6.32. The van der Waals surface area contributed by atoms with Gasteiger partial charge >= 0.3 is 6.18 Å². The Kier molecular flexibility index (Phi) is 7.20. The fourth-order valence-corrected chi connectivity index (χ4v) is 3.68. The summed E-state index contributed by atoms with van der Waals surface area (Å²) in [5.74, 6) is 0.565. The van der Waals surface area contributed by atoms with Crippen LogP contribution in [0.5, 0.6) is 11.5 Å². The van der Waals surface area contributed by atoms with Gasteiger partial charge in [0.05, 0.1) is 24.3 Å². The predicted octanol–water partition coefficient (Wildman–Crippen LogP) is 5.12. The van der Waals surface area contributed by atoms with E-state index in [0.717, 1.165) is 18.6 Å². The zero-order valence-corrected chi connectivity index (χ0v) is 18.1. The van der Waals surface area contributed by atoms with Crippen LogP contribution < -0.4 is 14.4 Å². The molecule has 0 radical (unpaired) electrons. The zero-order chi connectivity index (χ0) is 22.6. The molecule has 5 nitrogen and oxygen atoms in total. The lowest BCUT2D eigenvalue weighted by Crippen LogP contribution is -2.48. The smallest absolute Gasteiger partial charge is 0.416 e. The van der Waals surface area contributed by atoms with Gasteiger partial charge in [-0.25, -0.2) is 0 Å². The second-order valence-corrected chi connectivity index (χ2v) is 7.57. The maximum atomic E-state index is 13.0. The van der Waals surface area contributed by atoms with Crippen molar-refractivity contribution in [2.45, 2.75) is 19.5 Å². The number of hydrogen-bond donors (Lipinski definition) is 0. The molecular weight excluding hydrogens is 433 g/mol. The standard InChI is InChI=1S/C22H24ClF3N2O3/c1-3-11-31-20-18(23)12-15(13-19(20)30-2)21(29)28-9-7-27(8-10-28)17-6-4-5-16(14-17)22(24,25)26/h4-6,12-14H,3,7-11H2,1-2H3. The fraction of sp³-hybridized carbons (Fsp3) is 0.409. The van der Waals surface area contributed by atoms with Gasteiger partial charge in [-0.3, -0.25) is 4.79 Å². The van der Waals surface area contributed by atoms with Gasteiger partial charge < -0.3 is 19.3 Å². The first-order valence-electron chi connectivity index (χ1n) is 9.96. The second-order valence-electron chi connectivity index (χ2n) is 7.17. The van der Waals surface area contributed by atoms with E-state index in [1.165, 1.54) is 13.2 Å².